The predicted molar refractivity (Wildman–Crippen MR) is 141 cm³/mol. The van der Waals surface area contributed by atoms with E-state index in [2.05, 4.69) is 44.8 Å². The highest BCUT2D eigenvalue weighted by Gasteiger charge is 2.32. The SMILES string of the molecule is CC(=O)CSc1nnc(-c2cc(NC(=O)C3CC(=O)N(C)C3)cc(-c3ccc4ccccc4c3)c2)[nH]1. The fourth-order valence-electron chi connectivity index (χ4n) is 4.27. The van der Waals surface area contributed by atoms with E-state index in [1.165, 1.54) is 18.7 Å². The second-order valence-corrected chi connectivity index (χ2v) is 9.96. The van der Waals surface area contributed by atoms with Crippen molar-refractivity contribution in [1.29, 1.82) is 0 Å². The van der Waals surface area contributed by atoms with Crippen molar-refractivity contribution in [3.63, 3.8) is 0 Å². The van der Waals surface area contributed by atoms with Crippen LogP contribution in [-0.4, -0.2) is 57.0 Å². The zero-order valence-corrected chi connectivity index (χ0v) is 20.8. The first kappa shape index (κ1) is 23.7. The van der Waals surface area contributed by atoms with Gasteiger partial charge in [-0.1, -0.05) is 48.2 Å². The van der Waals surface area contributed by atoms with Crippen molar-refractivity contribution >= 4 is 45.8 Å². The van der Waals surface area contributed by atoms with E-state index in [1.807, 2.05) is 36.4 Å². The summed E-state index contributed by atoms with van der Waals surface area (Å²) in [4.78, 5) is 41.0. The van der Waals surface area contributed by atoms with Gasteiger partial charge in [0, 0.05) is 31.3 Å². The number of rotatable bonds is 7. The topological polar surface area (TPSA) is 108 Å². The van der Waals surface area contributed by atoms with Crippen molar-refractivity contribution in [3.8, 4) is 22.5 Å². The maximum absolute atomic E-state index is 13.0. The van der Waals surface area contributed by atoms with Gasteiger partial charge in [0.05, 0.1) is 11.7 Å². The Morgan fingerprint density at radius 1 is 1.03 bits per heavy atom. The van der Waals surface area contributed by atoms with Gasteiger partial charge in [0.1, 0.15) is 5.78 Å². The molecular weight excluding hydrogens is 474 g/mol. The third kappa shape index (κ3) is 5.16. The summed E-state index contributed by atoms with van der Waals surface area (Å²) in [5, 5.41) is 14.2. The second-order valence-electron chi connectivity index (χ2n) is 8.99. The van der Waals surface area contributed by atoms with Crippen LogP contribution in [0.5, 0.6) is 0 Å². The van der Waals surface area contributed by atoms with Gasteiger partial charge in [0.15, 0.2) is 11.0 Å². The minimum Gasteiger partial charge on any atom is -0.345 e. The Morgan fingerprint density at radius 3 is 2.56 bits per heavy atom. The number of nitrogens with zero attached hydrogens (tertiary/aromatic N) is 3. The Morgan fingerprint density at radius 2 is 1.81 bits per heavy atom. The number of aromatic amines is 1. The molecule has 1 saturated heterocycles. The van der Waals surface area contributed by atoms with E-state index in [1.54, 1.807) is 11.9 Å². The monoisotopic (exact) mass is 499 g/mol. The van der Waals surface area contributed by atoms with Gasteiger partial charge in [0.2, 0.25) is 11.8 Å². The van der Waals surface area contributed by atoms with Crippen molar-refractivity contribution in [3.05, 3.63) is 60.7 Å². The van der Waals surface area contributed by atoms with Gasteiger partial charge in [-0.25, -0.2) is 0 Å². The Kier molecular flexibility index (Phi) is 6.56. The molecule has 0 saturated carbocycles. The third-order valence-electron chi connectivity index (χ3n) is 6.15. The van der Waals surface area contributed by atoms with Crippen LogP contribution in [0.25, 0.3) is 33.3 Å². The van der Waals surface area contributed by atoms with Gasteiger partial charge in [-0.05, 0) is 53.1 Å². The standard InChI is InChI=1S/C27H25N5O3S/c1-16(33)15-36-27-29-25(30-31-27)21-10-20(19-8-7-17-5-3-4-6-18(17)9-19)11-23(12-21)28-26(35)22-13-24(34)32(2)14-22/h3-12,22H,13-15H2,1-2H3,(H,28,35)(H,29,30,31). The minimum absolute atomic E-state index is 0.0296. The van der Waals surface area contributed by atoms with Gasteiger partial charge in [-0.2, -0.15) is 0 Å². The van der Waals surface area contributed by atoms with Crippen LogP contribution in [0, 0.1) is 5.92 Å². The highest BCUT2D eigenvalue weighted by atomic mass is 32.2. The van der Waals surface area contributed by atoms with E-state index < -0.39 is 5.92 Å². The number of likely N-dealkylation sites (tertiary alicyclic amines) is 1. The molecule has 1 unspecified atom stereocenters. The average Bonchev–Trinajstić information content (AvgIpc) is 3.48. The molecule has 1 aromatic heterocycles. The first-order valence-electron chi connectivity index (χ1n) is 11.6. The number of hydrogen-bond acceptors (Lipinski definition) is 6. The Labute approximate surface area is 212 Å². The summed E-state index contributed by atoms with van der Waals surface area (Å²) < 4.78 is 0. The van der Waals surface area contributed by atoms with E-state index >= 15 is 0 Å². The Hall–Kier alpha value is -3.98. The number of amides is 2. The van der Waals surface area contributed by atoms with Gasteiger partial charge in [-0.15, -0.1) is 10.2 Å². The summed E-state index contributed by atoms with van der Waals surface area (Å²) >= 11 is 1.29. The van der Waals surface area contributed by atoms with E-state index in [9.17, 15) is 14.4 Å². The first-order chi connectivity index (χ1) is 17.4. The number of ketones is 1. The second kappa shape index (κ2) is 9.94. The normalized spacial score (nSPS) is 15.4. The van der Waals surface area contributed by atoms with Crippen molar-refractivity contribution in [1.82, 2.24) is 20.1 Å². The van der Waals surface area contributed by atoms with Crippen LogP contribution >= 0.6 is 11.8 Å². The number of anilines is 1. The number of carbonyl (C=O) groups excluding carboxylic acids is 3. The van der Waals surface area contributed by atoms with E-state index in [0.29, 0.717) is 29.0 Å². The number of Topliss-reactive ketones (excluding diaryl/α,β-unsaturated/α-hetero) is 1. The van der Waals surface area contributed by atoms with Gasteiger partial charge < -0.3 is 15.2 Å². The van der Waals surface area contributed by atoms with Crippen LogP contribution in [0.1, 0.15) is 13.3 Å². The van der Waals surface area contributed by atoms with Crippen LogP contribution in [0.2, 0.25) is 0 Å². The summed E-state index contributed by atoms with van der Waals surface area (Å²) in [5.41, 5.74) is 3.25. The van der Waals surface area contributed by atoms with Crippen molar-refractivity contribution < 1.29 is 14.4 Å². The maximum Gasteiger partial charge on any atom is 0.229 e. The Balaban J connectivity index is 1.50. The van der Waals surface area contributed by atoms with E-state index in [0.717, 1.165) is 27.5 Å². The molecule has 9 heteroatoms. The number of aromatic nitrogens is 3. The number of carbonyl (C=O) groups is 3. The first-order valence-corrected chi connectivity index (χ1v) is 12.6. The van der Waals surface area contributed by atoms with Crippen LogP contribution in [-0.2, 0) is 14.4 Å². The molecule has 182 valence electrons. The molecule has 1 aliphatic heterocycles. The molecule has 1 atom stereocenters. The molecule has 5 rings (SSSR count). The summed E-state index contributed by atoms with van der Waals surface area (Å²) in [5.74, 6) is 0.284. The van der Waals surface area contributed by atoms with Crippen LogP contribution < -0.4 is 5.32 Å². The summed E-state index contributed by atoms with van der Waals surface area (Å²) in [7, 11) is 1.71. The Bertz CT molecular complexity index is 1480. The molecule has 2 amide bonds. The summed E-state index contributed by atoms with van der Waals surface area (Å²) in [6, 6.07) is 20.1. The van der Waals surface area contributed by atoms with Crippen LogP contribution in [0.3, 0.4) is 0 Å². The molecule has 1 aliphatic rings. The molecule has 0 aliphatic carbocycles. The summed E-state index contributed by atoms with van der Waals surface area (Å²) in [6.45, 7) is 1.93. The number of thioether (sulfide) groups is 1. The largest absolute Gasteiger partial charge is 0.345 e. The number of fused-ring (bicyclic) bond motifs is 1. The lowest BCUT2D eigenvalue weighted by atomic mass is 9.98. The highest BCUT2D eigenvalue weighted by molar-refractivity contribution is 7.99. The highest BCUT2D eigenvalue weighted by Crippen LogP contribution is 2.32. The average molecular weight is 500 g/mol. The zero-order valence-electron chi connectivity index (χ0n) is 19.9. The minimum atomic E-state index is -0.393. The molecular formula is C27H25N5O3S. The fourth-order valence-corrected chi connectivity index (χ4v) is 4.87. The third-order valence-corrected chi connectivity index (χ3v) is 7.15. The van der Waals surface area contributed by atoms with E-state index in [4.69, 9.17) is 0 Å². The van der Waals surface area contributed by atoms with Gasteiger partial charge in [-0.3, -0.25) is 14.4 Å². The molecule has 0 radical (unpaired) electrons. The van der Waals surface area contributed by atoms with Gasteiger partial charge in [0.25, 0.3) is 0 Å². The summed E-state index contributed by atoms with van der Waals surface area (Å²) in [6.07, 6.45) is 0.207. The smallest absolute Gasteiger partial charge is 0.229 e. The lowest BCUT2D eigenvalue weighted by Gasteiger charge is -2.14. The number of hydrogen-bond donors (Lipinski definition) is 2. The molecule has 8 nitrogen and oxygen atoms in total. The number of nitrogens with one attached hydrogen (secondary N) is 2. The number of H-pyrrole nitrogens is 1. The molecule has 3 aromatic carbocycles. The molecule has 36 heavy (non-hydrogen) atoms. The molecule has 4 aromatic rings. The molecule has 2 heterocycles. The molecule has 1 fully saturated rings. The van der Waals surface area contributed by atoms with Crippen LogP contribution in [0.4, 0.5) is 5.69 Å². The van der Waals surface area contributed by atoms with E-state index in [-0.39, 0.29) is 24.0 Å². The zero-order chi connectivity index (χ0) is 25.2. The lowest BCUT2D eigenvalue weighted by Crippen LogP contribution is -2.25. The molecule has 0 spiro atoms. The quantitative estimate of drug-likeness (QED) is 0.365. The fraction of sp³-hybridized carbons (Fsp3) is 0.222. The van der Waals surface area contributed by atoms with Crippen molar-refractivity contribution in [2.24, 2.45) is 5.92 Å². The molecule has 0 bridgehead atoms. The van der Waals surface area contributed by atoms with Gasteiger partial charge >= 0.3 is 0 Å². The maximum atomic E-state index is 13.0. The lowest BCUT2D eigenvalue weighted by molar-refractivity contribution is -0.127. The van der Waals surface area contributed by atoms with Crippen molar-refractivity contribution in [2.45, 2.75) is 18.5 Å². The molecule has 2 N–H and O–H groups in total. The van der Waals surface area contributed by atoms with Crippen LogP contribution in [0.15, 0.2) is 65.8 Å². The number of benzene rings is 3. The van der Waals surface area contributed by atoms with Crippen molar-refractivity contribution in [2.75, 3.05) is 24.7 Å². The predicted octanol–water partition coefficient (Wildman–Crippen LogP) is 4.39.